The lowest BCUT2D eigenvalue weighted by Crippen LogP contribution is -2.50. The Labute approximate surface area is 119 Å². The topological polar surface area (TPSA) is 35.5 Å². The van der Waals surface area contributed by atoms with Gasteiger partial charge in [-0.05, 0) is 58.5 Å². The molecule has 114 valence electrons. The summed E-state index contributed by atoms with van der Waals surface area (Å²) in [4.78, 5) is 2.58. The maximum Gasteiger partial charge on any atom is 0.0615 e. The fourth-order valence-electron chi connectivity index (χ4n) is 3.53. The van der Waals surface area contributed by atoms with E-state index < -0.39 is 0 Å². The van der Waals surface area contributed by atoms with Gasteiger partial charge in [-0.25, -0.2) is 0 Å². The first kappa shape index (κ1) is 16.9. The molecule has 0 aromatic rings. The van der Waals surface area contributed by atoms with Crippen molar-refractivity contribution in [3.8, 4) is 0 Å². The summed E-state index contributed by atoms with van der Waals surface area (Å²) in [5.41, 5.74) is -0.0134. The van der Waals surface area contributed by atoms with Gasteiger partial charge >= 0.3 is 0 Å². The lowest BCUT2D eigenvalue weighted by molar-refractivity contribution is 0.110. The maximum atomic E-state index is 9.73. The van der Waals surface area contributed by atoms with Crippen molar-refractivity contribution in [1.82, 2.24) is 10.2 Å². The molecule has 0 bridgehead atoms. The van der Waals surface area contributed by atoms with Gasteiger partial charge < -0.3 is 15.3 Å². The number of hydrogen-bond donors (Lipinski definition) is 2. The molecular formula is C16H34N2O. The van der Waals surface area contributed by atoms with Crippen molar-refractivity contribution < 1.29 is 5.11 Å². The summed E-state index contributed by atoms with van der Waals surface area (Å²) in [6.07, 6.45) is 4.83. The molecule has 1 rings (SSSR count). The molecule has 1 saturated carbocycles. The Bertz CT molecular complexity index is 249. The summed E-state index contributed by atoms with van der Waals surface area (Å²) in [6, 6.07) is 0.613. The van der Waals surface area contributed by atoms with E-state index in [1.807, 2.05) is 7.05 Å². The van der Waals surface area contributed by atoms with Crippen LogP contribution in [0.25, 0.3) is 0 Å². The monoisotopic (exact) mass is 270 g/mol. The van der Waals surface area contributed by atoms with Crippen LogP contribution in [-0.4, -0.2) is 48.3 Å². The summed E-state index contributed by atoms with van der Waals surface area (Å²) in [7, 11) is 2.00. The number of rotatable bonds is 8. The molecule has 0 aromatic heterocycles. The molecular weight excluding hydrogens is 236 g/mol. The van der Waals surface area contributed by atoms with Crippen LogP contribution in [0.2, 0.25) is 0 Å². The SMILES string of the molecule is CNC1(CO)CCCC1CCN(CC(C)C)C(C)C. The number of hydrogen-bond acceptors (Lipinski definition) is 3. The Hall–Kier alpha value is -0.120. The highest BCUT2D eigenvalue weighted by Crippen LogP contribution is 2.37. The molecule has 0 heterocycles. The molecule has 1 aliphatic carbocycles. The van der Waals surface area contributed by atoms with Crippen molar-refractivity contribution in [3.63, 3.8) is 0 Å². The van der Waals surface area contributed by atoms with Gasteiger partial charge in [0.15, 0.2) is 0 Å². The van der Waals surface area contributed by atoms with E-state index >= 15 is 0 Å². The van der Waals surface area contributed by atoms with E-state index in [0.717, 1.165) is 18.9 Å². The van der Waals surface area contributed by atoms with Crippen molar-refractivity contribution in [2.24, 2.45) is 11.8 Å². The minimum Gasteiger partial charge on any atom is -0.394 e. The molecule has 3 nitrogen and oxygen atoms in total. The number of nitrogens with one attached hydrogen (secondary N) is 1. The Kier molecular flexibility index (Phi) is 6.78. The van der Waals surface area contributed by atoms with Crippen LogP contribution >= 0.6 is 0 Å². The van der Waals surface area contributed by atoms with Crippen LogP contribution in [-0.2, 0) is 0 Å². The van der Waals surface area contributed by atoms with Crippen molar-refractivity contribution in [1.29, 1.82) is 0 Å². The van der Waals surface area contributed by atoms with E-state index in [0.29, 0.717) is 12.0 Å². The lowest BCUT2D eigenvalue weighted by atomic mass is 9.85. The van der Waals surface area contributed by atoms with E-state index in [4.69, 9.17) is 0 Å². The largest absolute Gasteiger partial charge is 0.394 e. The zero-order valence-electron chi connectivity index (χ0n) is 13.6. The zero-order chi connectivity index (χ0) is 14.5. The first-order valence-corrected chi connectivity index (χ1v) is 7.99. The molecule has 0 amide bonds. The zero-order valence-corrected chi connectivity index (χ0v) is 13.6. The molecule has 19 heavy (non-hydrogen) atoms. The third kappa shape index (κ3) is 4.44. The van der Waals surface area contributed by atoms with Gasteiger partial charge in [-0.1, -0.05) is 20.3 Å². The highest BCUT2D eigenvalue weighted by Gasteiger charge is 2.40. The van der Waals surface area contributed by atoms with Gasteiger partial charge in [-0.15, -0.1) is 0 Å². The van der Waals surface area contributed by atoms with Crippen molar-refractivity contribution in [3.05, 3.63) is 0 Å². The van der Waals surface area contributed by atoms with Crippen molar-refractivity contribution in [2.75, 3.05) is 26.7 Å². The summed E-state index contributed by atoms with van der Waals surface area (Å²) >= 11 is 0. The first-order chi connectivity index (χ1) is 8.95. The molecule has 2 N–H and O–H groups in total. The number of nitrogens with zero attached hydrogens (tertiary/aromatic N) is 1. The van der Waals surface area contributed by atoms with Crippen LogP contribution in [0.3, 0.4) is 0 Å². The van der Waals surface area contributed by atoms with Gasteiger partial charge in [0.2, 0.25) is 0 Å². The second-order valence-corrected chi connectivity index (χ2v) is 6.92. The minimum absolute atomic E-state index is 0.0134. The fraction of sp³-hybridized carbons (Fsp3) is 1.00. The summed E-state index contributed by atoms with van der Waals surface area (Å²) in [6.45, 7) is 11.8. The average Bonchev–Trinajstić information content (AvgIpc) is 2.77. The van der Waals surface area contributed by atoms with Gasteiger partial charge in [0, 0.05) is 18.1 Å². The molecule has 0 radical (unpaired) electrons. The normalized spacial score (nSPS) is 27.9. The number of likely N-dealkylation sites (N-methyl/N-ethyl adjacent to an activating group) is 1. The van der Waals surface area contributed by atoms with Crippen LogP contribution in [0.4, 0.5) is 0 Å². The third-order valence-corrected chi connectivity index (χ3v) is 4.83. The Morgan fingerprint density at radius 3 is 2.47 bits per heavy atom. The summed E-state index contributed by atoms with van der Waals surface area (Å²) < 4.78 is 0. The van der Waals surface area contributed by atoms with Crippen LogP contribution in [0, 0.1) is 11.8 Å². The Balaban J connectivity index is 2.53. The number of aliphatic hydroxyl groups excluding tert-OH is 1. The Morgan fingerprint density at radius 1 is 1.32 bits per heavy atom. The molecule has 0 aromatic carbocycles. The molecule has 3 heteroatoms. The second-order valence-electron chi connectivity index (χ2n) is 6.92. The molecule has 2 atom stereocenters. The predicted molar refractivity (Wildman–Crippen MR) is 82.4 cm³/mol. The van der Waals surface area contributed by atoms with Gasteiger partial charge in [-0.2, -0.15) is 0 Å². The van der Waals surface area contributed by atoms with E-state index in [9.17, 15) is 5.11 Å². The van der Waals surface area contributed by atoms with Gasteiger partial charge in [0.05, 0.1) is 6.61 Å². The van der Waals surface area contributed by atoms with Crippen LogP contribution in [0.5, 0.6) is 0 Å². The first-order valence-electron chi connectivity index (χ1n) is 7.99. The number of aliphatic hydroxyl groups is 1. The molecule has 0 saturated heterocycles. The Morgan fingerprint density at radius 2 is 2.00 bits per heavy atom. The predicted octanol–water partition coefficient (Wildman–Crippen LogP) is 2.49. The van der Waals surface area contributed by atoms with Crippen LogP contribution in [0.15, 0.2) is 0 Å². The van der Waals surface area contributed by atoms with Gasteiger partial charge in [-0.3, -0.25) is 0 Å². The van der Waals surface area contributed by atoms with E-state index in [-0.39, 0.29) is 12.1 Å². The maximum absolute atomic E-state index is 9.73. The third-order valence-electron chi connectivity index (χ3n) is 4.83. The molecule has 0 spiro atoms. The molecule has 2 unspecified atom stereocenters. The quantitative estimate of drug-likeness (QED) is 0.711. The highest BCUT2D eigenvalue weighted by molar-refractivity contribution is 4.98. The molecule has 1 aliphatic rings. The summed E-state index contributed by atoms with van der Waals surface area (Å²) in [5.74, 6) is 1.34. The van der Waals surface area contributed by atoms with Crippen molar-refractivity contribution >= 4 is 0 Å². The smallest absolute Gasteiger partial charge is 0.0615 e. The van der Waals surface area contributed by atoms with E-state index in [2.05, 4.69) is 37.9 Å². The van der Waals surface area contributed by atoms with Crippen molar-refractivity contribution in [2.45, 2.75) is 65.0 Å². The van der Waals surface area contributed by atoms with E-state index in [1.54, 1.807) is 0 Å². The standard InChI is InChI=1S/C16H34N2O/c1-13(2)11-18(14(3)4)10-8-15-7-6-9-16(15,12-19)17-5/h13-15,17,19H,6-12H2,1-5H3. The second kappa shape index (κ2) is 7.61. The van der Waals surface area contributed by atoms with E-state index in [1.165, 1.54) is 25.8 Å². The lowest BCUT2D eigenvalue weighted by Gasteiger charge is -2.36. The van der Waals surface area contributed by atoms with Gasteiger partial charge in [0.1, 0.15) is 0 Å². The minimum atomic E-state index is -0.0134. The molecule has 0 aliphatic heterocycles. The average molecular weight is 270 g/mol. The van der Waals surface area contributed by atoms with Crippen LogP contribution < -0.4 is 5.32 Å². The fourth-order valence-corrected chi connectivity index (χ4v) is 3.53. The van der Waals surface area contributed by atoms with Crippen LogP contribution in [0.1, 0.15) is 53.4 Å². The highest BCUT2D eigenvalue weighted by atomic mass is 16.3. The summed E-state index contributed by atoms with van der Waals surface area (Å²) in [5, 5.41) is 13.1. The van der Waals surface area contributed by atoms with Gasteiger partial charge in [0.25, 0.3) is 0 Å². The molecule has 1 fully saturated rings.